The lowest BCUT2D eigenvalue weighted by atomic mass is 10.0. The van der Waals surface area contributed by atoms with Gasteiger partial charge in [-0.05, 0) is 49.1 Å². The SMILES string of the molecule is Cc1cccc(N2CCN(CCCNC(=O)C(NC(=O)CC(C)C)c3ccccc3)CC2)c1. The summed E-state index contributed by atoms with van der Waals surface area (Å²) in [7, 11) is 0. The molecule has 2 aromatic rings. The minimum Gasteiger partial charge on any atom is -0.369 e. The maximum atomic E-state index is 12.9. The molecule has 0 radical (unpaired) electrons. The first-order valence-corrected chi connectivity index (χ1v) is 12.1. The standard InChI is InChI=1S/C27H38N4O2/c1-21(2)19-25(32)29-26(23-10-5-4-6-11-23)27(33)28-13-8-14-30-15-17-31(18-16-30)24-12-7-9-22(3)20-24/h4-7,9-12,20-21,26H,8,13-19H2,1-3H3,(H,28,33)(H,29,32). The minimum absolute atomic E-state index is 0.0968. The van der Waals surface area contributed by atoms with Crippen LogP contribution in [0.15, 0.2) is 54.6 Å². The molecule has 1 saturated heterocycles. The molecule has 0 aromatic heterocycles. The van der Waals surface area contributed by atoms with Crippen LogP contribution in [0.5, 0.6) is 0 Å². The number of anilines is 1. The van der Waals surface area contributed by atoms with Crippen molar-refractivity contribution in [1.82, 2.24) is 15.5 Å². The predicted octanol–water partition coefficient (Wildman–Crippen LogP) is 3.53. The summed E-state index contributed by atoms with van der Waals surface area (Å²) in [5.41, 5.74) is 3.40. The normalized spacial score (nSPS) is 15.3. The fourth-order valence-electron chi connectivity index (χ4n) is 4.21. The highest BCUT2D eigenvalue weighted by Crippen LogP contribution is 2.18. The van der Waals surface area contributed by atoms with Gasteiger partial charge in [0.2, 0.25) is 11.8 Å². The van der Waals surface area contributed by atoms with Crippen molar-refractivity contribution in [2.24, 2.45) is 5.92 Å². The molecular formula is C27H38N4O2. The maximum Gasteiger partial charge on any atom is 0.247 e. The number of amides is 2. The summed E-state index contributed by atoms with van der Waals surface area (Å²) in [4.78, 5) is 30.1. The summed E-state index contributed by atoms with van der Waals surface area (Å²) in [5, 5.41) is 5.94. The van der Waals surface area contributed by atoms with Gasteiger partial charge in [-0.15, -0.1) is 0 Å². The van der Waals surface area contributed by atoms with E-state index in [1.165, 1.54) is 11.3 Å². The zero-order valence-corrected chi connectivity index (χ0v) is 20.2. The first kappa shape index (κ1) is 24.8. The molecular weight excluding hydrogens is 412 g/mol. The smallest absolute Gasteiger partial charge is 0.247 e. The molecule has 1 aliphatic rings. The molecule has 6 heteroatoms. The van der Waals surface area contributed by atoms with Crippen LogP contribution < -0.4 is 15.5 Å². The van der Waals surface area contributed by atoms with Crippen molar-refractivity contribution in [1.29, 1.82) is 0 Å². The largest absolute Gasteiger partial charge is 0.369 e. The van der Waals surface area contributed by atoms with E-state index < -0.39 is 6.04 Å². The number of nitrogens with zero attached hydrogens (tertiary/aromatic N) is 2. The zero-order chi connectivity index (χ0) is 23.6. The third-order valence-corrected chi connectivity index (χ3v) is 5.98. The average molecular weight is 451 g/mol. The maximum absolute atomic E-state index is 12.9. The highest BCUT2D eigenvalue weighted by Gasteiger charge is 2.23. The first-order valence-electron chi connectivity index (χ1n) is 12.1. The molecule has 0 spiro atoms. The fourth-order valence-corrected chi connectivity index (χ4v) is 4.21. The molecule has 33 heavy (non-hydrogen) atoms. The van der Waals surface area contributed by atoms with Crippen LogP contribution in [0.3, 0.4) is 0 Å². The number of piperazine rings is 1. The number of aryl methyl sites for hydroxylation is 1. The third-order valence-electron chi connectivity index (χ3n) is 5.98. The van der Waals surface area contributed by atoms with Crippen molar-refractivity contribution in [2.45, 2.75) is 39.7 Å². The highest BCUT2D eigenvalue weighted by molar-refractivity contribution is 5.88. The molecule has 0 saturated carbocycles. The molecule has 0 bridgehead atoms. The van der Waals surface area contributed by atoms with E-state index in [-0.39, 0.29) is 17.7 Å². The van der Waals surface area contributed by atoms with Gasteiger partial charge in [-0.2, -0.15) is 0 Å². The summed E-state index contributed by atoms with van der Waals surface area (Å²) in [6, 6.07) is 17.5. The van der Waals surface area contributed by atoms with E-state index in [9.17, 15) is 9.59 Å². The van der Waals surface area contributed by atoms with Gasteiger partial charge in [0.15, 0.2) is 0 Å². The van der Waals surface area contributed by atoms with E-state index in [0.29, 0.717) is 13.0 Å². The number of rotatable bonds is 10. The van der Waals surface area contributed by atoms with Crippen LogP contribution in [-0.4, -0.2) is 56.0 Å². The van der Waals surface area contributed by atoms with Crippen LogP contribution in [0.1, 0.15) is 43.9 Å². The van der Waals surface area contributed by atoms with Gasteiger partial charge in [-0.1, -0.05) is 56.3 Å². The lowest BCUT2D eigenvalue weighted by Crippen LogP contribution is -2.47. The van der Waals surface area contributed by atoms with Gasteiger partial charge in [-0.25, -0.2) is 0 Å². The van der Waals surface area contributed by atoms with Crippen molar-refractivity contribution < 1.29 is 9.59 Å². The van der Waals surface area contributed by atoms with Gasteiger partial charge in [-0.3, -0.25) is 14.5 Å². The van der Waals surface area contributed by atoms with E-state index in [1.54, 1.807) is 0 Å². The monoisotopic (exact) mass is 450 g/mol. The van der Waals surface area contributed by atoms with Gasteiger partial charge >= 0.3 is 0 Å². The second kappa shape index (κ2) is 12.4. The summed E-state index contributed by atoms with van der Waals surface area (Å²) in [5.74, 6) is -0.000998. The van der Waals surface area contributed by atoms with E-state index in [2.05, 4.69) is 51.6 Å². The van der Waals surface area contributed by atoms with Crippen molar-refractivity contribution in [3.63, 3.8) is 0 Å². The van der Waals surface area contributed by atoms with Crippen LogP contribution in [0.2, 0.25) is 0 Å². The van der Waals surface area contributed by atoms with Crippen LogP contribution in [0, 0.1) is 12.8 Å². The number of hydrogen-bond donors (Lipinski definition) is 2. The molecule has 2 amide bonds. The van der Waals surface area contributed by atoms with Crippen molar-refractivity contribution in [2.75, 3.05) is 44.2 Å². The predicted molar refractivity (Wildman–Crippen MR) is 134 cm³/mol. The average Bonchev–Trinajstić information content (AvgIpc) is 2.80. The molecule has 6 nitrogen and oxygen atoms in total. The van der Waals surface area contributed by atoms with Crippen molar-refractivity contribution in [3.05, 3.63) is 65.7 Å². The van der Waals surface area contributed by atoms with E-state index in [4.69, 9.17) is 0 Å². The van der Waals surface area contributed by atoms with Gasteiger partial charge in [0.05, 0.1) is 0 Å². The lowest BCUT2D eigenvalue weighted by Gasteiger charge is -2.36. The van der Waals surface area contributed by atoms with Crippen molar-refractivity contribution in [3.8, 4) is 0 Å². The molecule has 1 fully saturated rings. The summed E-state index contributed by atoms with van der Waals surface area (Å²) < 4.78 is 0. The lowest BCUT2D eigenvalue weighted by molar-refractivity contribution is -0.129. The second-order valence-electron chi connectivity index (χ2n) is 9.32. The quantitative estimate of drug-likeness (QED) is 0.544. The molecule has 2 aromatic carbocycles. The molecule has 1 unspecified atom stereocenters. The Morgan fingerprint density at radius 3 is 2.36 bits per heavy atom. The molecule has 0 aliphatic carbocycles. The third kappa shape index (κ3) is 7.90. The van der Waals surface area contributed by atoms with Crippen molar-refractivity contribution >= 4 is 17.5 Å². The summed E-state index contributed by atoms with van der Waals surface area (Å²) in [6.45, 7) is 11.8. The Bertz CT molecular complexity index is 892. The number of carbonyl (C=O) groups is 2. The minimum atomic E-state index is -0.657. The Morgan fingerprint density at radius 2 is 1.70 bits per heavy atom. The molecule has 178 valence electrons. The molecule has 1 aliphatic heterocycles. The Morgan fingerprint density at radius 1 is 0.970 bits per heavy atom. The zero-order valence-electron chi connectivity index (χ0n) is 20.2. The Kier molecular flexibility index (Phi) is 9.31. The molecule has 1 atom stereocenters. The van der Waals surface area contributed by atoms with Gasteiger partial charge in [0.1, 0.15) is 6.04 Å². The Hall–Kier alpha value is -2.86. The van der Waals surface area contributed by atoms with Crippen LogP contribution >= 0.6 is 0 Å². The van der Waals surface area contributed by atoms with Gasteiger partial charge in [0, 0.05) is 44.8 Å². The number of hydrogen-bond acceptors (Lipinski definition) is 4. The number of nitrogens with one attached hydrogen (secondary N) is 2. The highest BCUT2D eigenvalue weighted by atomic mass is 16.2. The van der Waals surface area contributed by atoms with E-state index >= 15 is 0 Å². The summed E-state index contributed by atoms with van der Waals surface area (Å²) >= 11 is 0. The molecule has 2 N–H and O–H groups in total. The van der Waals surface area contributed by atoms with Crippen LogP contribution in [0.4, 0.5) is 5.69 Å². The summed E-state index contributed by atoms with van der Waals surface area (Å²) in [6.07, 6.45) is 1.29. The number of benzene rings is 2. The Balaban J connectivity index is 1.43. The van der Waals surface area contributed by atoms with E-state index in [0.717, 1.165) is 44.7 Å². The van der Waals surface area contributed by atoms with Gasteiger partial charge in [0.25, 0.3) is 0 Å². The Labute approximate surface area is 198 Å². The molecule has 3 rings (SSSR count). The fraction of sp³-hybridized carbons (Fsp3) is 0.481. The first-order chi connectivity index (χ1) is 15.9. The second-order valence-corrected chi connectivity index (χ2v) is 9.32. The molecule has 1 heterocycles. The topological polar surface area (TPSA) is 64.7 Å². The number of carbonyl (C=O) groups excluding carboxylic acids is 2. The van der Waals surface area contributed by atoms with E-state index in [1.807, 2.05) is 44.2 Å². The van der Waals surface area contributed by atoms with Crippen LogP contribution in [0.25, 0.3) is 0 Å². The van der Waals surface area contributed by atoms with Crippen LogP contribution in [-0.2, 0) is 9.59 Å². The van der Waals surface area contributed by atoms with Gasteiger partial charge < -0.3 is 15.5 Å².